The van der Waals surface area contributed by atoms with Crippen LogP contribution in [0, 0.1) is 0 Å². The van der Waals surface area contributed by atoms with Gasteiger partial charge in [-0.2, -0.15) is 0 Å². The highest BCUT2D eigenvalue weighted by atomic mass is 35.5. The molecule has 94 valence electrons. The van der Waals surface area contributed by atoms with E-state index in [2.05, 4.69) is 10.9 Å². The summed E-state index contributed by atoms with van der Waals surface area (Å²) >= 11 is 6.25. The van der Waals surface area contributed by atoms with E-state index in [9.17, 15) is 5.11 Å². The Kier molecular flexibility index (Phi) is 4.26. The Labute approximate surface area is 106 Å². The summed E-state index contributed by atoms with van der Waals surface area (Å²) in [5.74, 6) is 5.21. The largest absolute Gasteiger partial charge is 0.506 e. The van der Waals surface area contributed by atoms with Gasteiger partial charge in [0.1, 0.15) is 5.75 Å². The summed E-state index contributed by atoms with van der Waals surface area (Å²) in [6.07, 6.45) is 6.18. The lowest BCUT2D eigenvalue weighted by atomic mass is 9.97. The van der Waals surface area contributed by atoms with Crippen LogP contribution in [0.3, 0.4) is 0 Å². The number of benzene rings is 1. The molecule has 0 spiro atoms. The molecule has 0 fully saturated rings. The molecule has 3 nitrogen and oxygen atoms in total. The molecule has 4 heteroatoms. The molecule has 0 aliphatic heterocycles. The van der Waals surface area contributed by atoms with Crippen molar-refractivity contribution in [1.29, 1.82) is 0 Å². The van der Waals surface area contributed by atoms with Gasteiger partial charge < -0.3 is 9.94 Å². The van der Waals surface area contributed by atoms with Gasteiger partial charge in [0, 0.05) is 6.42 Å². The summed E-state index contributed by atoms with van der Waals surface area (Å²) in [5.41, 5.74) is 3.23. The molecule has 1 aliphatic carbocycles. The van der Waals surface area contributed by atoms with Crippen molar-refractivity contribution < 1.29 is 9.94 Å². The van der Waals surface area contributed by atoms with Crippen LogP contribution in [0.15, 0.2) is 6.07 Å². The molecule has 1 aromatic rings. The average Bonchev–Trinajstić information content (AvgIpc) is 2.57. The molecule has 0 saturated heterocycles. The van der Waals surface area contributed by atoms with Crippen molar-refractivity contribution in [2.45, 2.75) is 38.5 Å². The molecule has 0 aromatic heterocycles. The molecule has 1 aromatic carbocycles. The van der Waals surface area contributed by atoms with Gasteiger partial charge in [0.25, 0.3) is 0 Å². The fourth-order valence-electron chi connectivity index (χ4n) is 2.44. The number of aryl methyl sites for hydroxylation is 1. The first kappa shape index (κ1) is 12.7. The normalized spacial score (nSPS) is 15.4. The minimum Gasteiger partial charge on any atom is -0.506 e. The number of phenols is 1. The van der Waals surface area contributed by atoms with Crippen LogP contribution in [0.4, 0.5) is 0 Å². The Morgan fingerprint density at radius 1 is 1.29 bits per heavy atom. The Balaban J connectivity index is 2.36. The zero-order chi connectivity index (χ0) is 12.3. The summed E-state index contributed by atoms with van der Waals surface area (Å²) in [7, 11) is 0. The number of aromatic hydroxyl groups is 1. The van der Waals surface area contributed by atoms with Crippen LogP contribution < -0.4 is 5.90 Å². The second-order valence-electron chi connectivity index (χ2n) is 4.52. The number of nitrogens with two attached hydrogens (primary N) is 1. The van der Waals surface area contributed by atoms with E-state index >= 15 is 0 Å². The van der Waals surface area contributed by atoms with Crippen molar-refractivity contribution in [3.8, 4) is 5.75 Å². The SMILES string of the molecule is NOCCc1cc2c(c(Cl)c1O)CCCCC2. The first-order valence-electron chi connectivity index (χ1n) is 6.07. The zero-order valence-corrected chi connectivity index (χ0v) is 10.6. The average molecular weight is 256 g/mol. The number of rotatable bonds is 3. The first-order valence-corrected chi connectivity index (χ1v) is 6.45. The van der Waals surface area contributed by atoms with E-state index in [-0.39, 0.29) is 5.75 Å². The highest BCUT2D eigenvalue weighted by molar-refractivity contribution is 6.33. The molecule has 0 unspecified atom stereocenters. The highest BCUT2D eigenvalue weighted by Gasteiger charge is 2.17. The minimum atomic E-state index is 0.198. The van der Waals surface area contributed by atoms with E-state index in [1.165, 1.54) is 18.4 Å². The fourth-order valence-corrected chi connectivity index (χ4v) is 2.77. The molecule has 17 heavy (non-hydrogen) atoms. The third-order valence-electron chi connectivity index (χ3n) is 3.38. The Bertz CT molecular complexity index is 407. The molecular formula is C13H18ClNO2. The third kappa shape index (κ3) is 2.73. The van der Waals surface area contributed by atoms with Crippen LogP contribution in [0.1, 0.15) is 36.0 Å². The van der Waals surface area contributed by atoms with Gasteiger partial charge in [0.05, 0.1) is 11.6 Å². The van der Waals surface area contributed by atoms with Crippen LogP contribution in [-0.2, 0) is 24.1 Å². The van der Waals surface area contributed by atoms with Gasteiger partial charge >= 0.3 is 0 Å². The van der Waals surface area contributed by atoms with Crippen LogP contribution in [0.25, 0.3) is 0 Å². The Morgan fingerprint density at radius 2 is 2.06 bits per heavy atom. The van der Waals surface area contributed by atoms with E-state index in [0.717, 1.165) is 30.4 Å². The fraction of sp³-hybridized carbons (Fsp3) is 0.538. The minimum absolute atomic E-state index is 0.198. The predicted octanol–water partition coefficient (Wildman–Crippen LogP) is 2.75. The smallest absolute Gasteiger partial charge is 0.137 e. The highest BCUT2D eigenvalue weighted by Crippen LogP contribution is 2.37. The lowest BCUT2D eigenvalue weighted by Crippen LogP contribution is -2.05. The van der Waals surface area contributed by atoms with Crippen molar-refractivity contribution in [3.05, 3.63) is 27.8 Å². The number of phenolic OH excluding ortho intramolecular Hbond substituents is 1. The van der Waals surface area contributed by atoms with Crippen molar-refractivity contribution in [3.63, 3.8) is 0 Å². The standard InChI is InChI=1S/C13H18ClNO2/c14-12-11-5-3-1-2-4-9(11)8-10(13(12)16)6-7-17-15/h8,16H,1-7,15H2. The Morgan fingerprint density at radius 3 is 2.82 bits per heavy atom. The van der Waals surface area contributed by atoms with Gasteiger partial charge in [-0.25, -0.2) is 5.90 Å². The van der Waals surface area contributed by atoms with E-state index in [4.69, 9.17) is 17.5 Å². The van der Waals surface area contributed by atoms with E-state index in [0.29, 0.717) is 18.1 Å². The predicted molar refractivity (Wildman–Crippen MR) is 68.2 cm³/mol. The van der Waals surface area contributed by atoms with Crippen molar-refractivity contribution >= 4 is 11.6 Å². The number of hydrogen-bond acceptors (Lipinski definition) is 3. The second-order valence-corrected chi connectivity index (χ2v) is 4.90. The third-order valence-corrected chi connectivity index (χ3v) is 3.78. The van der Waals surface area contributed by atoms with Crippen molar-refractivity contribution in [1.82, 2.24) is 0 Å². The maximum absolute atomic E-state index is 10.0. The van der Waals surface area contributed by atoms with E-state index in [1.807, 2.05) is 0 Å². The summed E-state index contributed by atoms with van der Waals surface area (Å²) in [6.45, 7) is 0.392. The summed E-state index contributed by atoms with van der Waals surface area (Å²) in [5, 5.41) is 10.6. The van der Waals surface area contributed by atoms with Crippen LogP contribution in [0.2, 0.25) is 5.02 Å². The van der Waals surface area contributed by atoms with Gasteiger partial charge in [-0.05, 0) is 42.4 Å². The molecule has 0 atom stereocenters. The van der Waals surface area contributed by atoms with Crippen LogP contribution >= 0.6 is 11.6 Å². The van der Waals surface area contributed by atoms with Crippen LogP contribution in [0.5, 0.6) is 5.75 Å². The van der Waals surface area contributed by atoms with Gasteiger partial charge in [-0.1, -0.05) is 24.1 Å². The summed E-state index contributed by atoms with van der Waals surface area (Å²) in [6, 6.07) is 2.06. The number of hydrogen-bond donors (Lipinski definition) is 2. The molecule has 0 radical (unpaired) electrons. The van der Waals surface area contributed by atoms with Crippen molar-refractivity contribution in [2.24, 2.45) is 5.90 Å². The molecule has 3 N–H and O–H groups in total. The summed E-state index contributed by atoms with van der Waals surface area (Å²) in [4.78, 5) is 4.56. The lowest BCUT2D eigenvalue weighted by molar-refractivity contribution is 0.140. The molecule has 0 bridgehead atoms. The lowest BCUT2D eigenvalue weighted by Gasteiger charge is -2.14. The topological polar surface area (TPSA) is 55.5 Å². The quantitative estimate of drug-likeness (QED) is 0.645. The molecule has 0 heterocycles. The first-order chi connectivity index (χ1) is 8.24. The molecule has 2 rings (SSSR count). The maximum Gasteiger partial charge on any atom is 0.137 e. The molecule has 0 amide bonds. The zero-order valence-electron chi connectivity index (χ0n) is 9.84. The Hall–Kier alpha value is -0.770. The maximum atomic E-state index is 10.0. The monoisotopic (exact) mass is 255 g/mol. The molecule has 0 saturated carbocycles. The van der Waals surface area contributed by atoms with E-state index in [1.54, 1.807) is 0 Å². The van der Waals surface area contributed by atoms with Crippen LogP contribution in [-0.4, -0.2) is 11.7 Å². The van der Waals surface area contributed by atoms with Gasteiger partial charge in [0.2, 0.25) is 0 Å². The number of halogens is 1. The second kappa shape index (κ2) is 5.71. The van der Waals surface area contributed by atoms with Gasteiger partial charge in [-0.15, -0.1) is 0 Å². The van der Waals surface area contributed by atoms with Gasteiger partial charge in [-0.3, -0.25) is 0 Å². The molecular weight excluding hydrogens is 238 g/mol. The summed E-state index contributed by atoms with van der Waals surface area (Å²) < 4.78 is 0. The van der Waals surface area contributed by atoms with E-state index < -0.39 is 0 Å². The van der Waals surface area contributed by atoms with Gasteiger partial charge in [0.15, 0.2) is 0 Å². The van der Waals surface area contributed by atoms with Crippen molar-refractivity contribution in [2.75, 3.05) is 6.61 Å². The number of fused-ring (bicyclic) bond motifs is 1. The molecule has 1 aliphatic rings.